The van der Waals surface area contributed by atoms with Crippen molar-refractivity contribution < 1.29 is 23.5 Å². The van der Waals surface area contributed by atoms with Crippen LogP contribution in [0.2, 0.25) is 0 Å². The molecule has 2 N–H and O–H groups in total. The van der Waals surface area contributed by atoms with E-state index in [9.17, 15) is 14.0 Å². The van der Waals surface area contributed by atoms with Crippen LogP contribution < -0.4 is 25.2 Å². The van der Waals surface area contributed by atoms with Crippen molar-refractivity contribution in [2.45, 2.75) is 17.0 Å². The molecule has 0 spiro atoms. The zero-order chi connectivity index (χ0) is 24.8. The Bertz CT molecular complexity index is 1370. The Morgan fingerprint density at radius 2 is 2.03 bits per heavy atom. The van der Waals surface area contributed by atoms with Crippen molar-refractivity contribution in [2.24, 2.45) is 0 Å². The molecule has 1 unspecified atom stereocenters. The van der Waals surface area contributed by atoms with E-state index in [0.29, 0.717) is 60.4 Å². The SMILES string of the molecule is COc1ccc2ccc(F)c(N3CC(NCC4CN(c5ccc6c(c5)NC(=O)CS6)C(=O)O4)C3)c2n1. The highest BCUT2D eigenvalue weighted by molar-refractivity contribution is 8.00. The number of amides is 2. The number of thioether (sulfide) groups is 1. The molecule has 3 aliphatic heterocycles. The maximum atomic E-state index is 14.7. The van der Waals surface area contributed by atoms with Crippen LogP contribution in [0.25, 0.3) is 10.9 Å². The number of rotatable bonds is 6. The number of aromatic nitrogens is 1. The Labute approximate surface area is 210 Å². The van der Waals surface area contributed by atoms with Crippen molar-refractivity contribution in [3.8, 4) is 5.88 Å². The smallest absolute Gasteiger partial charge is 0.414 e. The first-order chi connectivity index (χ1) is 17.5. The number of hydrogen-bond donors (Lipinski definition) is 2. The molecule has 4 heterocycles. The van der Waals surface area contributed by atoms with E-state index >= 15 is 0 Å². The van der Waals surface area contributed by atoms with Gasteiger partial charge in [-0.2, -0.15) is 0 Å². The predicted octanol–water partition coefficient (Wildman–Crippen LogP) is 3.23. The van der Waals surface area contributed by atoms with Crippen molar-refractivity contribution in [3.05, 3.63) is 48.3 Å². The molecule has 1 atom stereocenters. The van der Waals surface area contributed by atoms with Gasteiger partial charge in [0, 0.05) is 47.7 Å². The number of halogens is 1. The first-order valence-electron chi connectivity index (χ1n) is 11.6. The molecule has 3 aromatic rings. The molecule has 0 saturated carbocycles. The average molecular weight is 510 g/mol. The van der Waals surface area contributed by atoms with E-state index in [1.807, 2.05) is 29.2 Å². The standard InChI is InChI=1S/C25H24FN5O4S/c1-34-22-7-3-14-2-5-18(26)24(23(14)29-22)30-10-15(11-30)27-9-17-12-31(25(33)35-17)16-4-6-20-19(8-16)28-21(32)13-36-20/h2-8,15,17,27H,9-13H2,1H3,(H,28,32). The summed E-state index contributed by atoms with van der Waals surface area (Å²) in [7, 11) is 1.54. The lowest BCUT2D eigenvalue weighted by atomic mass is 10.0. The fraction of sp³-hybridized carbons (Fsp3) is 0.320. The molecule has 2 saturated heterocycles. The van der Waals surface area contributed by atoms with Crippen molar-refractivity contribution in [3.63, 3.8) is 0 Å². The minimum Gasteiger partial charge on any atom is -0.481 e. The molecule has 0 radical (unpaired) electrons. The number of anilines is 3. The van der Waals surface area contributed by atoms with Gasteiger partial charge in [-0.05, 0) is 36.4 Å². The van der Waals surface area contributed by atoms with E-state index in [1.54, 1.807) is 17.0 Å². The highest BCUT2D eigenvalue weighted by Gasteiger charge is 2.35. The van der Waals surface area contributed by atoms with Crippen LogP contribution in [0.4, 0.5) is 26.2 Å². The molecule has 2 amide bonds. The van der Waals surface area contributed by atoms with Gasteiger partial charge in [-0.15, -0.1) is 11.8 Å². The summed E-state index contributed by atoms with van der Waals surface area (Å²) < 4.78 is 25.5. The van der Waals surface area contributed by atoms with Crippen LogP contribution >= 0.6 is 11.8 Å². The van der Waals surface area contributed by atoms with Gasteiger partial charge < -0.3 is 25.0 Å². The Kier molecular flexibility index (Phi) is 5.81. The lowest BCUT2D eigenvalue weighted by Crippen LogP contribution is -2.59. The third-order valence-corrected chi connectivity index (χ3v) is 7.66. The molecule has 11 heteroatoms. The minimum absolute atomic E-state index is 0.0523. The number of ether oxygens (including phenoxy) is 2. The van der Waals surface area contributed by atoms with Crippen LogP contribution in [0.5, 0.6) is 5.88 Å². The van der Waals surface area contributed by atoms with Gasteiger partial charge in [-0.1, -0.05) is 0 Å². The summed E-state index contributed by atoms with van der Waals surface area (Å²) in [6, 6.07) is 12.5. The van der Waals surface area contributed by atoms with Crippen LogP contribution in [-0.4, -0.2) is 68.2 Å². The molecule has 186 valence electrons. The molecule has 1 aromatic heterocycles. The van der Waals surface area contributed by atoms with Gasteiger partial charge in [0.25, 0.3) is 0 Å². The number of nitrogens with zero attached hydrogens (tertiary/aromatic N) is 3. The second kappa shape index (κ2) is 9.14. The van der Waals surface area contributed by atoms with E-state index in [1.165, 1.54) is 24.9 Å². The highest BCUT2D eigenvalue weighted by Crippen LogP contribution is 2.36. The number of hydrogen-bond acceptors (Lipinski definition) is 8. The number of cyclic esters (lactones) is 1. The second-order valence-corrected chi connectivity index (χ2v) is 9.98. The summed E-state index contributed by atoms with van der Waals surface area (Å²) in [5, 5.41) is 7.13. The molecule has 2 aromatic carbocycles. The highest BCUT2D eigenvalue weighted by atomic mass is 32.2. The van der Waals surface area contributed by atoms with Crippen molar-refractivity contribution >= 4 is 51.7 Å². The Hall–Kier alpha value is -3.57. The quantitative estimate of drug-likeness (QED) is 0.523. The van der Waals surface area contributed by atoms with Gasteiger partial charge in [0.05, 0.1) is 30.8 Å². The second-order valence-electron chi connectivity index (χ2n) is 8.97. The lowest BCUT2D eigenvalue weighted by molar-refractivity contribution is -0.113. The number of methoxy groups -OCH3 is 1. The van der Waals surface area contributed by atoms with Crippen LogP contribution in [-0.2, 0) is 9.53 Å². The van der Waals surface area contributed by atoms with E-state index in [4.69, 9.17) is 9.47 Å². The molecule has 3 aliphatic rings. The summed E-state index contributed by atoms with van der Waals surface area (Å²) in [6.45, 7) is 2.12. The van der Waals surface area contributed by atoms with E-state index < -0.39 is 6.09 Å². The third-order valence-electron chi connectivity index (χ3n) is 6.58. The largest absolute Gasteiger partial charge is 0.481 e. The summed E-state index contributed by atoms with van der Waals surface area (Å²) in [6.07, 6.45) is -0.726. The third kappa shape index (κ3) is 4.18. The first-order valence-corrected chi connectivity index (χ1v) is 12.6. The van der Waals surface area contributed by atoms with Crippen molar-refractivity contribution in [1.82, 2.24) is 10.3 Å². The molecule has 36 heavy (non-hydrogen) atoms. The molecular weight excluding hydrogens is 485 g/mol. The van der Waals surface area contributed by atoms with Gasteiger partial charge in [-0.3, -0.25) is 9.69 Å². The summed E-state index contributed by atoms with van der Waals surface area (Å²) in [4.78, 5) is 33.2. The molecule has 6 rings (SSSR count). The fourth-order valence-electron chi connectivity index (χ4n) is 4.71. The average Bonchev–Trinajstić information content (AvgIpc) is 3.23. The van der Waals surface area contributed by atoms with Gasteiger partial charge >= 0.3 is 6.09 Å². The minimum atomic E-state index is -0.412. The van der Waals surface area contributed by atoms with Crippen LogP contribution in [0.1, 0.15) is 0 Å². The van der Waals surface area contributed by atoms with Gasteiger partial charge in [0.1, 0.15) is 17.4 Å². The summed E-state index contributed by atoms with van der Waals surface area (Å²) in [5.74, 6) is 0.463. The van der Waals surface area contributed by atoms with Gasteiger partial charge in [0.15, 0.2) is 0 Å². The lowest BCUT2D eigenvalue weighted by Gasteiger charge is -2.42. The van der Waals surface area contributed by atoms with Crippen molar-refractivity contribution in [2.75, 3.05) is 54.2 Å². The van der Waals surface area contributed by atoms with Crippen LogP contribution in [0, 0.1) is 5.82 Å². The number of nitrogens with one attached hydrogen (secondary N) is 2. The molecule has 9 nitrogen and oxygen atoms in total. The number of carbonyl (C=O) groups excluding carboxylic acids is 2. The Morgan fingerprint density at radius 3 is 2.86 bits per heavy atom. The van der Waals surface area contributed by atoms with Gasteiger partial charge in [0.2, 0.25) is 11.8 Å². The first kappa shape index (κ1) is 22.9. The fourth-order valence-corrected chi connectivity index (χ4v) is 5.50. The molecule has 2 fully saturated rings. The zero-order valence-electron chi connectivity index (χ0n) is 19.5. The van der Waals surface area contributed by atoms with Gasteiger partial charge in [-0.25, -0.2) is 14.2 Å². The maximum Gasteiger partial charge on any atom is 0.414 e. The topological polar surface area (TPSA) is 96.0 Å². The van der Waals surface area contributed by atoms with E-state index in [-0.39, 0.29) is 23.9 Å². The normalized spacial score (nSPS) is 19.7. The number of fused-ring (bicyclic) bond motifs is 2. The molecule has 0 bridgehead atoms. The van der Waals surface area contributed by atoms with E-state index in [2.05, 4.69) is 15.6 Å². The van der Waals surface area contributed by atoms with Crippen LogP contribution in [0.15, 0.2) is 47.4 Å². The predicted molar refractivity (Wildman–Crippen MR) is 136 cm³/mol. The van der Waals surface area contributed by atoms with Crippen LogP contribution in [0.3, 0.4) is 0 Å². The monoisotopic (exact) mass is 509 g/mol. The molecule has 0 aliphatic carbocycles. The number of benzene rings is 2. The summed E-state index contributed by atoms with van der Waals surface area (Å²) in [5.41, 5.74) is 2.45. The van der Waals surface area contributed by atoms with E-state index in [0.717, 1.165) is 10.3 Å². The summed E-state index contributed by atoms with van der Waals surface area (Å²) >= 11 is 1.48. The Balaban J connectivity index is 1.07. The Morgan fingerprint density at radius 1 is 1.19 bits per heavy atom. The van der Waals surface area contributed by atoms with Crippen molar-refractivity contribution in [1.29, 1.82) is 0 Å². The zero-order valence-corrected chi connectivity index (χ0v) is 20.3. The number of pyridine rings is 1. The maximum absolute atomic E-state index is 14.7. The number of carbonyl (C=O) groups is 2. The molecular formula is C25H24FN5O4S.